The molecule has 1 aromatic heterocycles. The summed E-state index contributed by atoms with van der Waals surface area (Å²) in [6.07, 6.45) is 7.35. The molecule has 2 atom stereocenters. The molecule has 0 amide bonds. The summed E-state index contributed by atoms with van der Waals surface area (Å²) < 4.78 is 5.88. The first kappa shape index (κ1) is 13.8. The summed E-state index contributed by atoms with van der Waals surface area (Å²) in [5.41, 5.74) is 1.35. The highest BCUT2D eigenvalue weighted by atomic mass is 16.5. The molecule has 1 aromatic rings. The first-order valence-corrected chi connectivity index (χ1v) is 7.91. The summed E-state index contributed by atoms with van der Waals surface area (Å²) >= 11 is 0. The summed E-state index contributed by atoms with van der Waals surface area (Å²) in [4.78, 5) is 6.98. The molecule has 1 saturated carbocycles. The first-order valence-electron chi connectivity index (χ1n) is 7.91. The van der Waals surface area contributed by atoms with Crippen molar-refractivity contribution in [3.63, 3.8) is 0 Å². The molecule has 0 radical (unpaired) electrons. The summed E-state index contributed by atoms with van der Waals surface area (Å²) in [7, 11) is 0. The number of pyridine rings is 1. The second-order valence-corrected chi connectivity index (χ2v) is 5.85. The van der Waals surface area contributed by atoms with E-state index < -0.39 is 0 Å². The molecule has 0 bridgehead atoms. The van der Waals surface area contributed by atoms with E-state index in [1.807, 2.05) is 6.20 Å². The Balaban J connectivity index is 1.64. The molecule has 4 nitrogen and oxygen atoms in total. The van der Waals surface area contributed by atoms with Crippen LogP contribution in [-0.4, -0.2) is 41.7 Å². The van der Waals surface area contributed by atoms with Gasteiger partial charge in [-0.05, 0) is 43.4 Å². The Kier molecular flexibility index (Phi) is 4.53. The van der Waals surface area contributed by atoms with Crippen LogP contribution in [0.25, 0.3) is 0 Å². The molecule has 2 heterocycles. The fraction of sp³-hybridized carbons (Fsp3) is 0.688. The Bertz CT molecular complexity index is 437. The Morgan fingerprint density at radius 2 is 2.40 bits per heavy atom. The van der Waals surface area contributed by atoms with Crippen molar-refractivity contribution in [3.05, 3.63) is 23.9 Å². The SMILES string of the molecule is CCCNc1cc(CN2CCOC3CCCC32)ccn1. The highest BCUT2D eigenvalue weighted by Crippen LogP contribution is 2.30. The number of aromatic nitrogens is 1. The number of fused-ring (bicyclic) bond motifs is 1. The van der Waals surface area contributed by atoms with E-state index in [1.165, 1.54) is 24.8 Å². The third-order valence-corrected chi connectivity index (χ3v) is 4.36. The van der Waals surface area contributed by atoms with Gasteiger partial charge in [0.15, 0.2) is 0 Å². The zero-order valence-electron chi connectivity index (χ0n) is 12.3. The lowest BCUT2D eigenvalue weighted by Gasteiger charge is -2.37. The Morgan fingerprint density at radius 1 is 1.45 bits per heavy atom. The standard InChI is InChI=1S/C16H25N3O/c1-2-7-17-16-11-13(6-8-18-16)12-19-9-10-20-15-5-3-4-14(15)19/h6,8,11,14-15H,2-5,7,9-10,12H2,1H3,(H,17,18). The molecule has 0 spiro atoms. The highest BCUT2D eigenvalue weighted by molar-refractivity contribution is 5.37. The molecule has 20 heavy (non-hydrogen) atoms. The maximum atomic E-state index is 5.88. The van der Waals surface area contributed by atoms with Gasteiger partial charge in [-0.3, -0.25) is 4.90 Å². The van der Waals surface area contributed by atoms with Crippen LogP contribution in [0.3, 0.4) is 0 Å². The second kappa shape index (κ2) is 6.55. The molecular weight excluding hydrogens is 250 g/mol. The van der Waals surface area contributed by atoms with E-state index >= 15 is 0 Å². The van der Waals surface area contributed by atoms with E-state index in [-0.39, 0.29) is 0 Å². The lowest BCUT2D eigenvalue weighted by atomic mass is 10.1. The van der Waals surface area contributed by atoms with E-state index in [0.717, 1.165) is 38.5 Å². The number of rotatable bonds is 5. The monoisotopic (exact) mass is 275 g/mol. The average Bonchev–Trinajstić information content (AvgIpc) is 2.95. The summed E-state index contributed by atoms with van der Waals surface area (Å²) in [5.74, 6) is 1.00. The van der Waals surface area contributed by atoms with Crippen molar-refractivity contribution in [3.8, 4) is 0 Å². The van der Waals surface area contributed by atoms with Gasteiger partial charge in [0.05, 0.1) is 12.7 Å². The molecule has 1 N–H and O–H groups in total. The van der Waals surface area contributed by atoms with Gasteiger partial charge in [-0.25, -0.2) is 4.98 Å². The molecule has 1 aliphatic carbocycles. The lowest BCUT2D eigenvalue weighted by molar-refractivity contribution is -0.0588. The molecule has 1 aliphatic heterocycles. The molecule has 2 fully saturated rings. The quantitative estimate of drug-likeness (QED) is 0.896. The van der Waals surface area contributed by atoms with Crippen LogP contribution >= 0.6 is 0 Å². The Morgan fingerprint density at radius 3 is 3.30 bits per heavy atom. The van der Waals surface area contributed by atoms with Gasteiger partial charge in [-0.1, -0.05) is 6.92 Å². The third-order valence-electron chi connectivity index (χ3n) is 4.36. The normalized spacial score (nSPS) is 26.4. The minimum Gasteiger partial charge on any atom is -0.375 e. The van der Waals surface area contributed by atoms with Crippen LogP contribution in [0.4, 0.5) is 5.82 Å². The summed E-state index contributed by atoms with van der Waals surface area (Å²) in [6.45, 7) is 6.12. The fourth-order valence-corrected chi connectivity index (χ4v) is 3.36. The zero-order chi connectivity index (χ0) is 13.8. The van der Waals surface area contributed by atoms with Crippen LogP contribution < -0.4 is 5.32 Å². The molecule has 3 rings (SSSR count). The first-order chi connectivity index (χ1) is 9.86. The zero-order valence-corrected chi connectivity index (χ0v) is 12.3. The Labute approximate surface area is 121 Å². The van der Waals surface area contributed by atoms with E-state index in [1.54, 1.807) is 0 Å². The predicted octanol–water partition coefficient (Wildman–Crippen LogP) is 2.66. The van der Waals surface area contributed by atoms with Gasteiger partial charge >= 0.3 is 0 Å². The molecule has 2 aliphatic rings. The van der Waals surface area contributed by atoms with Crippen LogP contribution in [0, 0.1) is 0 Å². The number of nitrogens with one attached hydrogen (secondary N) is 1. The third kappa shape index (κ3) is 3.13. The maximum Gasteiger partial charge on any atom is 0.126 e. The van der Waals surface area contributed by atoms with Crippen molar-refractivity contribution in [2.75, 3.05) is 25.0 Å². The average molecular weight is 275 g/mol. The van der Waals surface area contributed by atoms with Crippen LogP contribution in [0.1, 0.15) is 38.2 Å². The summed E-state index contributed by atoms with van der Waals surface area (Å²) in [5, 5.41) is 3.36. The number of ether oxygens (including phenoxy) is 1. The Hall–Kier alpha value is -1.13. The number of morpholine rings is 1. The van der Waals surface area contributed by atoms with Crippen molar-refractivity contribution >= 4 is 5.82 Å². The second-order valence-electron chi connectivity index (χ2n) is 5.85. The maximum absolute atomic E-state index is 5.88. The van der Waals surface area contributed by atoms with Crippen LogP contribution in [0.5, 0.6) is 0 Å². The van der Waals surface area contributed by atoms with Gasteiger partial charge in [-0.2, -0.15) is 0 Å². The van der Waals surface area contributed by atoms with Gasteiger partial charge < -0.3 is 10.1 Å². The van der Waals surface area contributed by atoms with Crippen molar-refractivity contribution in [1.29, 1.82) is 0 Å². The molecule has 4 heteroatoms. The highest BCUT2D eigenvalue weighted by Gasteiger charge is 2.35. The van der Waals surface area contributed by atoms with Crippen LogP contribution in [0.2, 0.25) is 0 Å². The van der Waals surface area contributed by atoms with Crippen LogP contribution in [0.15, 0.2) is 18.3 Å². The number of hydrogen-bond acceptors (Lipinski definition) is 4. The molecular formula is C16H25N3O. The van der Waals surface area contributed by atoms with Crippen LogP contribution in [-0.2, 0) is 11.3 Å². The molecule has 0 aromatic carbocycles. The molecule has 110 valence electrons. The topological polar surface area (TPSA) is 37.4 Å². The lowest BCUT2D eigenvalue weighted by Crippen LogP contribution is -2.47. The summed E-state index contributed by atoms with van der Waals surface area (Å²) in [6, 6.07) is 4.95. The van der Waals surface area contributed by atoms with E-state index in [4.69, 9.17) is 4.74 Å². The molecule has 1 saturated heterocycles. The van der Waals surface area contributed by atoms with E-state index in [0.29, 0.717) is 12.1 Å². The van der Waals surface area contributed by atoms with E-state index in [9.17, 15) is 0 Å². The largest absolute Gasteiger partial charge is 0.375 e. The fourth-order valence-electron chi connectivity index (χ4n) is 3.36. The van der Waals surface area contributed by atoms with Gasteiger partial charge in [-0.15, -0.1) is 0 Å². The molecule has 2 unspecified atom stereocenters. The number of nitrogens with zero attached hydrogens (tertiary/aromatic N) is 2. The smallest absolute Gasteiger partial charge is 0.126 e. The minimum absolute atomic E-state index is 0.475. The van der Waals surface area contributed by atoms with Gasteiger partial charge in [0.2, 0.25) is 0 Å². The van der Waals surface area contributed by atoms with Gasteiger partial charge in [0.1, 0.15) is 5.82 Å². The van der Waals surface area contributed by atoms with Crippen molar-refractivity contribution in [1.82, 2.24) is 9.88 Å². The number of anilines is 1. The van der Waals surface area contributed by atoms with Crippen molar-refractivity contribution in [2.45, 2.75) is 51.3 Å². The van der Waals surface area contributed by atoms with Gasteiger partial charge in [0, 0.05) is 31.9 Å². The number of hydrogen-bond donors (Lipinski definition) is 1. The van der Waals surface area contributed by atoms with E-state index in [2.05, 4.69) is 34.3 Å². The van der Waals surface area contributed by atoms with Crippen molar-refractivity contribution < 1.29 is 4.74 Å². The minimum atomic E-state index is 0.475. The van der Waals surface area contributed by atoms with Gasteiger partial charge in [0.25, 0.3) is 0 Å². The predicted molar refractivity (Wildman–Crippen MR) is 80.8 cm³/mol. The van der Waals surface area contributed by atoms with Crippen molar-refractivity contribution in [2.24, 2.45) is 0 Å².